The number of benzene rings is 1. The molecule has 2 aromatic heterocycles. The number of anilines is 2. The third-order valence-electron chi connectivity index (χ3n) is 3.73. The standard InChI is InChI=1S/C19H19N5O3S/c1-12-9-21-17(11-20-12)24-19(26)23-14-6-5-13(8-15(14)27-2)10-22-18(25)16-4-3-7-28-16/h3-9,11H,10H2,1-2H3,(H,22,25)(H2,21,23,24,26). The number of thiophene rings is 1. The normalized spacial score (nSPS) is 10.2. The minimum absolute atomic E-state index is 0.130. The lowest BCUT2D eigenvalue weighted by Gasteiger charge is -2.13. The van der Waals surface area contributed by atoms with E-state index in [-0.39, 0.29) is 5.91 Å². The van der Waals surface area contributed by atoms with E-state index in [0.717, 1.165) is 11.3 Å². The van der Waals surface area contributed by atoms with E-state index in [9.17, 15) is 9.59 Å². The average Bonchev–Trinajstić information content (AvgIpc) is 3.23. The number of rotatable bonds is 6. The Morgan fingerprint density at radius 2 is 2.00 bits per heavy atom. The molecule has 3 rings (SSSR count). The maximum absolute atomic E-state index is 12.2. The Balaban J connectivity index is 1.61. The number of ether oxygens (including phenoxy) is 1. The van der Waals surface area contributed by atoms with Crippen LogP contribution in [0.25, 0.3) is 0 Å². The average molecular weight is 397 g/mol. The first-order valence-electron chi connectivity index (χ1n) is 8.40. The van der Waals surface area contributed by atoms with Gasteiger partial charge in [-0.3, -0.25) is 15.1 Å². The molecule has 2 heterocycles. The number of urea groups is 1. The number of hydrogen-bond acceptors (Lipinski definition) is 6. The van der Waals surface area contributed by atoms with Gasteiger partial charge in [-0.2, -0.15) is 0 Å². The van der Waals surface area contributed by atoms with Crippen molar-refractivity contribution in [3.8, 4) is 5.75 Å². The van der Waals surface area contributed by atoms with E-state index in [0.29, 0.717) is 28.7 Å². The van der Waals surface area contributed by atoms with E-state index in [1.54, 1.807) is 30.5 Å². The third kappa shape index (κ3) is 5.04. The Hall–Kier alpha value is -3.46. The smallest absolute Gasteiger partial charge is 0.324 e. The predicted molar refractivity (Wildman–Crippen MR) is 108 cm³/mol. The number of methoxy groups -OCH3 is 1. The molecule has 3 amide bonds. The number of aryl methyl sites for hydroxylation is 1. The highest BCUT2D eigenvalue weighted by Gasteiger charge is 2.11. The molecule has 0 radical (unpaired) electrons. The molecule has 0 saturated heterocycles. The van der Waals surface area contributed by atoms with Gasteiger partial charge in [-0.15, -0.1) is 11.3 Å². The Bertz CT molecular complexity index is 958. The van der Waals surface area contributed by atoms with Gasteiger partial charge in [-0.05, 0) is 36.1 Å². The van der Waals surface area contributed by atoms with Crippen LogP contribution in [0.1, 0.15) is 20.9 Å². The highest BCUT2D eigenvalue weighted by Crippen LogP contribution is 2.26. The van der Waals surface area contributed by atoms with Crippen LogP contribution in [0.15, 0.2) is 48.1 Å². The molecule has 1 aromatic carbocycles. The first-order chi connectivity index (χ1) is 13.5. The molecule has 3 aromatic rings. The molecule has 0 atom stereocenters. The number of nitrogens with one attached hydrogen (secondary N) is 3. The summed E-state index contributed by atoms with van der Waals surface area (Å²) in [5, 5.41) is 10.0. The fourth-order valence-corrected chi connectivity index (χ4v) is 2.99. The molecule has 8 nitrogen and oxygen atoms in total. The van der Waals surface area contributed by atoms with Gasteiger partial charge in [0.2, 0.25) is 0 Å². The number of carbonyl (C=O) groups excluding carboxylic acids is 2. The zero-order valence-corrected chi connectivity index (χ0v) is 16.2. The summed E-state index contributed by atoms with van der Waals surface area (Å²) in [4.78, 5) is 33.0. The van der Waals surface area contributed by atoms with Gasteiger partial charge in [0, 0.05) is 6.54 Å². The summed E-state index contributed by atoms with van der Waals surface area (Å²) in [6.07, 6.45) is 3.04. The summed E-state index contributed by atoms with van der Waals surface area (Å²) in [6, 6.07) is 8.41. The molecule has 0 aliphatic rings. The molecule has 0 bridgehead atoms. The van der Waals surface area contributed by atoms with Crippen LogP contribution >= 0.6 is 11.3 Å². The van der Waals surface area contributed by atoms with Crippen LogP contribution in [0.3, 0.4) is 0 Å². The Morgan fingerprint density at radius 3 is 2.68 bits per heavy atom. The largest absolute Gasteiger partial charge is 0.495 e. The molecule has 0 fully saturated rings. The number of nitrogens with zero attached hydrogens (tertiary/aromatic N) is 2. The molecule has 144 valence electrons. The lowest BCUT2D eigenvalue weighted by Crippen LogP contribution is -2.22. The fraction of sp³-hybridized carbons (Fsp3) is 0.158. The van der Waals surface area contributed by atoms with Crippen molar-refractivity contribution in [2.45, 2.75) is 13.5 Å². The van der Waals surface area contributed by atoms with Crippen molar-refractivity contribution in [2.24, 2.45) is 0 Å². The van der Waals surface area contributed by atoms with Gasteiger partial charge in [0.25, 0.3) is 5.91 Å². The molecule has 0 aliphatic carbocycles. The summed E-state index contributed by atoms with van der Waals surface area (Å²) in [5.74, 6) is 0.692. The van der Waals surface area contributed by atoms with Crippen LogP contribution in [-0.4, -0.2) is 29.0 Å². The highest BCUT2D eigenvalue weighted by molar-refractivity contribution is 7.12. The minimum atomic E-state index is -0.463. The van der Waals surface area contributed by atoms with Gasteiger partial charge in [-0.25, -0.2) is 9.78 Å². The zero-order chi connectivity index (χ0) is 19.9. The molecule has 3 N–H and O–H groups in total. The Kier molecular flexibility index (Phi) is 6.18. The van der Waals surface area contributed by atoms with Gasteiger partial charge in [0.15, 0.2) is 5.82 Å². The predicted octanol–water partition coefficient (Wildman–Crippen LogP) is 3.43. The molecule has 0 spiro atoms. The Labute approximate surface area is 166 Å². The van der Waals surface area contributed by atoms with Crippen molar-refractivity contribution < 1.29 is 14.3 Å². The molecular weight excluding hydrogens is 378 g/mol. The molecule has 28 heavy (non-hydrogen) atoms. The lowest BCUT2D eigenvalue weighted by molar-refractivity contribution is 0.0955. The third-order valence-corrected chi connectivity index (χ3v) is 4.60. The van der Waals surface area contributed by atoms with Crippen LogP contribution in [0, 0.1) is 6.92 Å². The summed E-state index contributed by atoms with van der Waals surface area (Å²) in [6.45, 7) is 2.16. The molecule has 0 unspecified atom stereocenters. The van der Waals surface area contributed by atoms with Gasteiger partial charge in [-0.1, -0.05) is 12.1 Å². The van der Waals surface area contributed by atoms with Crippen LogP contribution in [-0.2, 0) is 6.54 Å². The van der Waals surface area contributed by atoms with Crippen molar-refractivity contribution in [1.82, 2.24) is 15.3 Å². The van der Waals surface area contributed by atoms with E-state index in [2.05, 4.69) is 25.9 Å². The van der Waals surface area contributed by atoms with Gasteiger partial charge >= 0.3 is 6.03 Å². The van der Waals surface area contributed by atoms with E-state index in [4.69, 9.17) is 4.74 Å². The van der Waals surface area contributed by atoms with E-state index in [1.165, 1.54) is 24.6 Å². The van der Waals surface area contributed by atoms with Crippen molar-refractivity contribution in [1.29, 1.82) is 0 Å². The Morgan fingerprint density at radius 1 is 1.14 bits per heavy atom. The minimum Gasteiger partial charge on any atom is -0.495 e. The molecule has 9 heteroatoms. The summed E-state index contributed by atoms with van der Waals surface area (Å²) in [5.41, 5.74) is 2.10. The van der Waals surface area contributed by atoms with Crippen molar-refractivity contribution in [3.63, 3.8) is 0 Å². The second-order valence-corrected chi connectivity index (χ2v) is 6.76. The SMILES string of the molecule is COc1cc(CNC(=O)c2cccs2)ccc1NC(=O)Nc1cnc(C)cn1. The topological polar surface area (TPSA) is 105 Å². The van der Waals surface area contributed by atoms with E-state index in [1.807, 2.05) is 18.4 Å². The number of aromatic nitrogens is 2. The van der Waals surface area contributed by atoms with Crippen LogP contribution < -0.4 is 20.7 Å². The van der Waals surface area contributed by atoms with Gasteiger partial charge < -0.3 is 15.4 Å². The second-order valence-electron chi connectivity index (χ2n) is 5.82. The molecular formula is C19H19N5O3S. The van der Waals surface area contributed by atoms with Crippen LogP contribution in [0.4, 0.5) is 16.3 Å². The highest BCUT2D eigenvalue weighted by atomic mass is 32.1. The van der Waals surface area contributed by atoms with E-state index >= 15 is 0 Å². The van der Waals surface area contributed by atoms with Crippen molar-refractivity contribution >= 4 is 34.8 Å². The summed E-state index contributed by atoms with van der Waals surface area (Å²) in [7, 11) is 1.51. The van der Waals surface area contributed by atoms with Gasteiger partial charge in [0.05, 0.1) is 35.8 Å². The fourth-order valence-electron chi connectivity index (χ4n) is 2.35. The monoisotopic (exact) mass is 397 g/mol. The summed E-state index contributed by atoms with van der Waals surface area (Å²) < 4.78 is 5.35. The number of amides is 3. The second kappa shape index (κ2) is 8.96. The quantitative estimate of drug-likeness (QED) is 0.591. The molecule has 0 saturated carbocycles. The van der Waals surface area contributed by atoms with Crippen LogP contribution in [0.2, 0.25) is 0 Å². The zero-order valence-electron chi connectivity index (χ0n) is 15.4. The lowest BCUT2D eigenvalue weighted by atomic mass is 10.2. The maximum atomic E-state index is 12.2. The molecule has 0 aliphatic heterocycles. The van der Waals surface area contributed by atoms with Crippen molar-refractivity contribution in [3.05, 3.63) is 64.2 Å². The number of hydrogen-bond donors (Lipinski definition) is 3. The van der Waals surface area contributed by atoms with Crippen LogP contribution in [0.5, 0.6) is 5.75 Å². The summed E-state index contributed by atoms with van der Waals surface area (Å²) >= 11 is 1.38. The van der Waals surface area contributed by atoms with Crippen molar-refractivity contribution in [2.75, 3.05) is 17.7 Å². The van der Waals surface area contributed by atoms with Gasteiger partial charge in [0.1, 0.15) is 5.75 Å². The maximum Gasteiger partial charge on any atom is 0.324 e. The van der Waals surface area contributed by atoms with E-state index < -0.39 is 6.03 Å². The first-order valence-corrected chi connectivity index (χ1v) is 9.28. The number of carbonyl (C=O) groups is 2. The first kappa shape index (κ1) is 19.3.